The molecular weight excluding hydrogens is 620 g/mol. The number of aliphatic hydroxyl groups excluding tert-OH is 4. The van der Waals surface area contributed by atoms with Crippen LogP contribution >= 0.6 is 0 Å². The van der Waals surface area contributed by atoms with Gasteiger partial charge in [-0.25, -0.2) is 0 Å². The van der Waals surface area contributed by atoms with E-state index in [1.54, 1.807) is 7.11 Å². The second-order valence-electron chi connectivity index (χ2n) is 16.3. The number of fused-ring (bicyclic) bond motifs is 2. The van der Waals surface area contributed by atoms with Gasteiger partial charge in [-0.15, -0.1) is 0 Å². The Morgan fingerprint density at radius 1 is 0.875 bits per heavy atom. The average Bonchev–Trinajstić information content (AvgIpc) is 3.09. The first-order valence-corrected chi connectivity index (χ1v) is 18.9. The van der Waals surface area contributed by atoms with Gasteiger partial charge < -0.3 is 45.1 Å². The smallest absolute Gasteiger partial charge is 0.187 e. The zero-order valence-corrected chi connectivity index (χ0v) is 28.6. The Morgan fingerprint density at radius 3 is 2.31 bits per heavy atom. The summed E-state index contributed by atoms with van der Waals surface area (Å²) in [5.41, 5.74) is 4.17. The molecule has 6 fully saturated rings. The lowest BCUT2D eigenvalue weighted by Crippen LogP contribution is -2.94. The van der Waals surface area contributed by atoms with Crippen molar-refractivity contribution in [2.24, 2.45) is 47.2 Å². The highest BCUT2D eigenvalue weighted by Gasteiger charge is 2.60. The summed E-state index contributed by atoms with van der Waals surface area (Å²) >= 11 is 0. The summed E-state index contributed by atoms with van der Waals surface area (Å²) in [6, 6.07) is 0. The summed E-state index contributed by atoms with van der Waals surface area (Å²) in [5.74, 6) is -1.88. The minimum Gasteiger partial charge on any atom is -0.394 e. The molecule has 0 aromatic rings. The van der Waals surface area contributed by atoms with Gasteiger partial charge in [-0.2, -0.15) is 0 Å². The minimum absolute atomic E-state index is 0.0193. The van der Waals surface area contributed by atoms with Gasteiger partial charge in [0.2, 0.25) is 0 Å². The van der Waals surface area contributed by atoms with E-state index in [1.165, 1.54) is 32.1 Å². The average molecular weight is 682 g/mol. The molecular formula is C36H61N2O10+. The number of nitrogens with two attached hydrogens (primary N) is 2. The number of aliphatic hydroxyl groups is 5. The SMILES string of the molecule is COC1CC(OC2OC(CO)C(O)(CCC3CC[NH2+]C(N)C3)C(O)C2O)C2C(=O)C3C(O)CC(CCC4CCCCC4)CC3C(=O)C2C1. The first-order chi connectivity index (χ1) is 23.0. The third-order valence-corrected chi connectivity index (χ3v) is 13.3. The Bertz CT molecular complexity index is 1100. The highest BCUT2D eigenvalue weighted by atomic mass is 16.7. The van der Waals surface area contributed by atoms with Crippen molar-refractivity contribution in [1.82, 2.24) is 0 Å². The van der Waals surface area contributed by atoms with Crippen molar-refractivity contribution in [3.05, 3.63) is 0 Å². The third-order valence-electron chi connectivity index (χ3n) is 13.3. The van der Waals surface area contributed by atoms with Crippen LogP contribution in [0.5, 0.6) is 0 Å². The predicted octanol–water partition coefficient (Wildman–Crippen LogP) is 0.137. The summed E-state index contributed by atoms with van der Waals surface area (Å²) in [6.07, 6.45) is 4.25. The summed E-state index contributed by atoms with van der Waals surface area (Å²) in [4.78, 5) is 28.4. The highest BCUT2D eigenvalue weighted by molar-refractivity contribution is 6.00. The molecule has 0 aromatic heterocycles. The van der Waals surface area contributed by atoms with Gasteiger partial charge in [0.05, 0.1) is 43.3 Å². The standard InChI is InChI=1S/C36H60N2O10/c1-46-22-16-24-30(32(42)29-23(31(24)41)13-21(14-25(29)40)8-7-19-5-3-2-4-6-19)26(17-22)47-35-33(43)34(44)36(45,27(18-39)48-35)11-9-20-10-12-38-28(37)15-20/h19-30,33-35,38-40,43-45H,2-18,37H2,1H3/p+1. The first-order valence-electron chi connectivity index (χ1n) is 18.9. The number of rotatable bonds is 10. The van der Waals surface area contributed by atoms with Crippen LogP contribution in [-0.2, 0) is 23.8 Å². The van der Waals surface area contributed by atoms with Crippen molar-refractivity contribution >= 4 is 11.6 Å². The molecule has 4 aliphatic carbocycles. The van der Waals surface area contributed by atoms with Crippen LogP contribution in [0.2, 0.25) is 0 Å². The maximum Gasteiger partial charge on any atom is 0.187 e. The molecule has 2 saturated heterocycles. The maximum atomic E-state index is 14.3. The van der Waals surface area contributed by atoms with Crippen LogP contribution in [0.25, 0.3) is 0 Å². The van der Waals surface area contributed by atoms with Crippen LogP contribution in [0, 0.1) is 41.4 Å². The molecule has 12 nitrogen and oxygen atoms in total. The van der Waals surface area contributed by atoms with Gasteiger partial charge in [0.1, 0.15) is 41.6 Å². The van der Waals surface area contributed by atoms with Crippen LogP contribution in [-0.4, -0.2) is 112 Å². The lowest BCUT2D eigenvalue weighted by Gasteiger charge is -2.52. The molecule has 6 rings (SSSR count). The Kier molecular flexibility index (Phi) is 12.0. The zero-order valence-electron chi connectivity index (χ0n) is 28.6. The number of ether oxygens (including phenoxy) is 3. The lowest BCUT2D eigenvalue weighted by molar-refractivity contribution is -0.699. The number of piperidine rings is 1. The number of quaternary nitrogens is 1. The Morgan fingerprint density at radius 2 is 1.60 bits per heavy atom. The topological polar surface area (TPSA) is 206 Å². The quantitative estimate of drug-likeness (QED) is 0.165. The van der Waals surface area contributed by atoms with Crippen LogP contribution in [0.1, 0.15) is 96.3 Å². The molecule has 0 aromatic carbocycles. The molecule has 0 amide bonds. The predicted molar refractivity (Wildman–Crippen MR) is 173 cm³/mol. The molecule has 2 heterocycles. The summed E-state index contributed by atoms with van der Waals surface area (Å²) in [7, 11) is 1.56. The Hall–Kier alpha value is -1.06. The van der Waals surface area contributed by atoms with Gasteiger partial charge in [-0.05, 0) is 56.3 Å². The molecule has 0 spiro atoms. The first kappa shape index (κ1) is 36.7. The number of methoxy groups -OCH3 is 1. The van der Waals surface area contributed by atoms with Crippen molar-refractivity contribution in [2.45, 2.75) is 151 Å². The summed E-state index contributed by atoms with van der Waals surface area (Å²) in [6.45, 7) is 0.253. The molecule has 15 unspecified atom stereocenters. The van der Waals surface area contributed by atoms with Gasteiger partial charge in [-0.3, -0.25) is 15.3 Å². The van der Waals surface area contributed by atoms with E-state index in [9.17, 15) is 35.1 Å². The molecule has 4 saturated carbocycles. The molecule has 274 valence electrons. The molecule has 6 aliphatic rings. The fourth-order valence-corrected chi connectivity index (χ4v) is 10.6. The summed E-state index contributed by atoms with van der Waals surface area (Å²) in [5, 5.41) is 57.8. The van der Waals surface area contributed by atoms with E-state index in [0.29, 0.717) is 31.6 Å². The maximum absolute atomic E-state index is 14.3. The van der Waals surface area contributed by atoms with Crippen LogP contribution < -0.4 is 11.1 Å². The molecule has 12 heteroatoms. The molecule has 9 N–H and O–H groups in total. The van der Waals surface area contributed by atoms with E-state index in [0.717, 1.165) is 32.2 Å². The second kappa shape index (κ2) is 15.7. The van der Waals surface area contributed by atoms with Gasteiger partial charge >= 0.3 is 0 Å². The van der Waals surface area contributed by atoms with E-state index in [-0.39, 0.29) is 48.5 Å². The van der Waals surface area contributed by atoms with E-state index < -0.39 is 72.7 Å². The van der Waals surface area contributed by atoms with Crippen molar-refractivity contribution in [3.8, 4) is 0 Å². The number of carbonyl (C=O) groups is 2. The molecule has 2 aliphatic heterocycles. The van der Waals surface area contributed by atoms with Gasteiger partial charge in [0.15, 0.2) is 6.29 Å². The normalized spacial score (nSPS) is 47.4. The van der Waals surface area contributed by atoms with Crippen molar-refractivity contribution in [3.63, 3.8) is 0 Å². The number of Topliss-reactive ketones (excluding diaryl/α,β-unsaturated/α-hetero) is 2. The lowest BCUT2D eigenvalue weighted by atomic mass is 9.55. The molecule has 0 bridgehead atoms. The zero-order chi connectivity index (χ0) is 34.2. The van der Waals surface area contributed by atoms with Crippen molar-refractivity contribution in [1.29, 1.82) is 0 Å². The number of carbonyl (C=O) groups excluding carboxylic acids is 2. The van der Waals surface area contributed by atoms with E-state index in [4.69, 9.17) is 19.9 Å². The largest absolute Gasteiger partial charge is 0.394 e. The number of ketones is 2. The van der Waals surface area contributed by atoms with Crippen LogP contribution in [0.15, 0.2) is 0 Å². The van der Waals surface area contributed by atoms with Crippen LogP contribution in [0.3, 0.4) is 0 Å². The van der Waals surface area contributed by atoms with E-state index in [2.05, 4.69) is 5.32 Å². The van der Waals surface area contributed by atoms with Gasteiger partial charge in [0.25, 0.3) is 0 Å². The number of hydrogen-bond donors (Lipinski definition) is 7. The summed E-state index contributed by atoms with van der Waals surface area (Å²) < 4.78 is 18.0. The van der Waals surface area contributed by atoms with Crippen LogP contribution in [0.4, 0.5) is 0 Å². The molecule has 48 heavy (non-hydrogen) atoms. The third kappa shape index (κ3) is 7.45. The highest BCUT2D eigenvalue weighted by Crippen LogP contribution is 2.50. The Labute approximate surface area is 284 Å². The minimum atomic E-state index is -1.92. The van der Waals surface area contributed by atoms with Gasteiger partial charge in [0, 0.05) is 31.8 Å². The Balaban J connectivity index is 1.14. The van der Waals surface area contributed by atoms with Crippen molar-refractivity contribution < 1.29 is 54.6 Å². The van der Waals surface area contributed by atoms with E-state index in [1.807, 2.05) is 0 Å². The number of hydrogen-bond acceptors (Lipinski definition) is 11. The van der Waals surface area contributed by atoms with E-state index >= 15 is 0 Å². The second-order valence-corrected chi connectivity index (χ2v) is 16.3. The monoisotopic (exact) mass is 681 g/mol. The van der Waals surface area contributed by atoms with Crippen molar-refractivity contribution in [2.75, 3.05) is 20.3 Å². The molecule has 0 radical (unpaired) electrons. The fourth-order valence-electron chi connectivity index (χ4n) is 10.6. The van der Waals surface area contributed by atoms with Gasteiger partial charge in [-0.1, -0.05) is 44.9 Å². The molecule has 15 atom stereocenters. The fraction of sp³-hybridized carbons (Fsp3) is 0.944.